The maximum Gasteiger partial charge on any atom is 0.137 e. The van der Waals surface area contributed by atoms with E-state index in [9.17, 15) is 4.39 Å². The molecular formula is C12H12FNO. The van der Waals surface area contributed by atoms with Crippen molar-refractivity contribution >= 4 is 11.0 Å². The van der Waals surface area contributed by atoms with E-state index in [-0.39, 0.29) is 5.82 Å². The molecule has 0 amide bonds. The highest BCUT2D eigenvalue weighted by Gasteiger charge is 2.21. The normalized spacial score (nSPS) is 21.3. The van der Waals surface area contributed by atoms with Crippen LogP contribution in [0, 0.1) is 5.82 Å². The van der Waals surface area contributed by atoms with Gasteiger partial charge in [0.15, 0.2) is 0 Å². The minimum absolute atomic E-state index is 0.116. The second-order valence-electron chi connectivity index (χ2n) is 3.99. The summed E-state index contributed by atoms with van der Waals surface area (Å²) < 4.78 is 19.2. The van der Waals surface area contributed by atoms with Crippen molar-refractivity contribution in [2.75, 3.05) is 13.1 Å². The number of hydrogen-bond donors (Lipinski definition) is 1. The van der Waals surface area contributed by atoms with Crippen molar-refractivity contribution in [3.63, 3.8) is 0 Å². The molecule has 1 aliphatic heterocycles. The Bertz CT molecular complexity index is 485. The van der Waals surface area contributed by atoms with Crippen molar-refractivity contribution in [2.24, 2.45) is 0 Å². The van der Waals surface area contributed by atoms with Gasteiger partial charge in [-0.3, -0.25) is 0 Å². The van der Waals surface area contributed by atoms with Crippen LogP contribution in [0.1, 0.15) is 17.9 Å². The summed E-state index contributed by atoms with van der Waals surface area (Å²) in [5.41, 5.74) is 1.44. The van der Waals surface area contributed by atoms with E-state index < -0.39 is 0 Å². The van der Waals surface area contributed by atoms with Crippen molar-refractivity contribution in [1.82, 2.24) is 5.32 Å². The second kappa shape index (κ2) is 3.35. The van der Waals surface area contributed by atoms with E-state index in [2.05, 4.69) is 5.32 Å². The Morgan fingerprint density at radius 1 is 1.33 bits per heavy atom. The van der Waals surface area contributed by atoms with Gasteiger partial charge in [0.1, 0.15) is 11.4 Å². The van der Waals surface area contributed by atoms with Crippen molar-refractivity contribution in [2.45, 2.75) is 12.3 Å². The summed E-state index contributed by atoms with van der Waals surface area (Å²) in [4.78, 5) is 0. The fraction of sp³-hybridized carbons (Fsp3) is 0.333. The molecule has 3 heteroatoms. The largest absolute Gasteiger partial charge is 0.464 e. The van der Waals surface area contributed by atoms with E-state index in [1.54, 1.807) is 6.07 Å². The van der Waals surface area contributed by atoms with Gasteiger partial charge in [-0.05, 0) is 30.7 Å². The lowest BCUT2D eigenvalue weighted by Crippen LogP contribution is -2.08. The van der Waals surface area contributed by atoms with E-state index in [0.29, 0.717) is 16.9 Å². The molecule has 1 atom stereocenters. The minimum Gasteiger partial charge on any atom is -0.464 e. The number of nitrogens with one attached hydrogen (secondary N) is 1. The molecule has 1 N–H and O–H groups in total. The Hall–Kier alpha value is -1.35. The molecule has 1 fully saturated rings. The third kappa shape index (κ3) is 1.35. The highest BCUT2D eigenvalue weighted by molar-refractivity contribution is 5.78. The first-order valence-corrected chi connectivity index (χ1v) is 5.22. The van der Waals surface area contributed by atoms with E-state index in [1.165, 1.54) is 6.26 Å². The fourth-order valence-electron chi connectivity index (χ4n) is 2.26. The van der Waals surface area contributed by atoms with Crippen LogP contribution < -0.4 is 5.32 Å². The van der Waals surface area contributed by atoms with Gasteiger partial charge in [-0.25, -0.2) is 4.39 Å². The first-order valence-electron chi connectivity index (χ1n) is 5.22. The highest BCUT2D eigenvalue weighted by atomic mass is 19.1. The van der Waals surface area contributed by atoms with Crippen molar-refractivity contribution < 1.29 is 8.81 Å². The van der Waals surface area contributed by atoms with Crippen LogP contribution in [0.3, 0.4) is 0 Å². The van der Waals surface area contributed by atoms with Crippen LogP contribution in [0.5, 0.6) is 0 Å². The van der Waals surface area contributed by atoms with Gasteiger partial charge in [0, 0.05) is 12.5 Å². The predicted octanol–water partition coefficient (Wildman–Crippen LogP) is 2.65. The monoisotopic (exact) mass is 205 g/mol. The van der Waals surface area contributed by atoms with Gasteiger partial charge in [-0.15, -0.1) is 0 Å². The van der Waals surface area contributed by atoms with E-state index in [4.69, 9.17) is 4.42 Å². The molecule has 1 unspecified atom stereocenters. The fourth-order valence-corrected chi connectivity index (χ4v) is 2.26. The maximum absolute atomic E-state index is 14.1. The Labute approximate surface area is 87.1 Å². The summed E-state index contributed by atoms with van der Waals surface area (Å²) in [7, 11) is 0. The summed E-state index contributed by atoms with van der Waals surface area (Å²) in [6.07, 6.45) is 2.55. The molecule has 2 aromatic rings. The summed E-state index contributed by atoms with van der Waals surface area (Å²) in [5, 5.41) is 3.85. The SMILES string of the molecule is Fc1c(C2CCNC2)ccc2occc12. The number of rotatable bonds is 1. The number of hydrogen-bond acceptors (Lipinski definition) is 2. The molecule has 1 aromatic carbocycles. The average Bonchev–Trinajstić information content (AvgIpc) is 2.87. The molecule has 1 aliphatic rings. The smallest absolute Gasteiger partial charge is 0.137 e. The van der Waals surface area contributed by atoms with Gasteiger partial charge >= 0.3 is 0 Å². The lowest BCUT2D eigenvalue weighted by atomic mass is 9.96. The van der Waals surface area contributed by atoms with E-state index >= 15 is 0 Å². The summed E-state index contributed by atoms with van der Waals surface area (Å²) >= 11 is 0. The first kappa shape index (κ1) is 8.92. The summed E-state index contributed by atoms with van der Waals surface area (Å²) in [6.45, 7) is 1.85. The van der Waals surface area contributed by atoms with Crippen LogP contribution in [-0.4, -0.2) is 13.1 Å². The third-order valence-corrected chi connectivity index (χ3v) is 3.10. The molecule has 15 heavy (non-hydrogen) atoms. The van der Waals surface area contributed by atoms with Gasteiger partial charge in [-0.2, -0.15) is 0 Å². The number of halogens is 1. The molecule has 0 bridgehead atoms. The van der Waals surface area contributed by atoms with Gasteiger partial charge in [0.2, 0.25) is 0 Å². The molecule has 2 nitrogen and oxygen atoms in total. The molecular weight excluding hydrogens is 193 g/mol. The van der Waals surface area contributed by atoms with Crippen molar-refractivity contribution in [3.8, 4) is 0 Å². The maximum atomic E-state index is 14.1. The topological polar surface area (TPSA) is 25.2 Å². The lowest BCUT2D eigenvalue weighted by Gasteiger charge is -2.09. The molecule has 0 aliphatic carbocycles. The van der Waals surface area contributed by atoms with E-state index in [0.717, 1.165) is 25.1 Å². The zero-order chi connectivity index (χ0) is 10.3. The second-order valence-corrected chi connectivity index (χ2v) is 3.99. The molecule has 2 heterocycles. The predicted molar refractivity (Wildman–Crippen MR) is 56.4 cm³/mol. The lowest BCUT2D eigenvalue weighted by molar-refractivity contribution is 0.591. The van der Waals surface area contributed by atoms with Crippen LogP contribution in [0.4, 0.5) is 4.39 Å². The standard InChI is InChI=1S/C12H12FNO/c13-12-9(8-3-5-14-7-8)1-2-11-10(12)4-6-15-11/h1-2,4,6,8,14H,3,5,7H2. The van der Waals surface area contributed by atoms with Crippen LogP contribution in [-0.2, 0) is 0 Å². The summed E-state index contributed by atoms with van der Waals surface area (Å²) in [6, 6.07) is 5.39. The third-order valence-electron chi connectivity index (χ3n) is 3.10. The minimum atomic E-state index is -0.116. The van der Waals surface area contributed by atoms with Crippen LogP contribution in [0.25, 0.3) is 11.0 Å². The quantitative estimate of drug-likeness (QED) is 0.774. The van der Waals surface area contributed by atoms with E-state index in [1.807, 2.05) is 12.1 Å². The first-order chi connectivity index (χ1) is 7.36. The van der Waals surface area contributed by atoms with Gasteiger partial charge < -0.3 is 9.73 Å². The van der Waals surface area contributed by atoms with Crippen LogP contribution in [0.15, 0.2) is 28.9 Å². The zero-order valence-electron chi connectivity index (χ0n) is 8.29. The van der Waals surface area contributed by atoms with Gasteiger partial charge in [0.25, 0.3) is 0 Å². The molecule has 3 rings (SSSR count). The number of furan rings is 1. The molecule has 1 aromatic heterocycles. The molecule has 0 radical (unpaired) electrons. The van der Waals surface area contributed by atoms with Crippen molar-refractivity contribution in [1.29, 1.82) is 0 Å². The van der Waals surface area contributed by atoms with Gasteiger partial charge in [-0.1, -0.05) is 6.07 Å². The highest BCUT2D eigenvalue weighted by Crippen LogP contribution is 2.29. The Morgan fingerprint density at radius 3 is 3.07 bits per heavy atom. The molecule has 0 spiro atoms. The summed E-state index contributed by atoms with van der Waals surface area (Å²) in [5.74, 6) is 0.194. The Balaban J connectivity index is 2.13. The van der Waals surface area contributed by atoms with Crippen molar-refractivity contribution in [3.05, 3.63) is 35.8 Å². The number of fused-ring (bicyclic) bond motifs is 1. The Kier molecular flexibility index (Phi) is 1.99. The van der Waals surface area contributed by atoms with Crippen LogP contribution >= 0.6 is 0 Å². The molecule has 78 valence electrons. The molecule has 0 saturated carbocycles. The van der Waals surface area contributed by atoms with Crippen LogP contribution in [0.2, 0.25) is 0 Å². The number of benzene rings is 1. The molecule has 1 saturated heterocycles. The van der Waals surface area contributed by atoms with Gasteiger partial charge in [0.05, 0.1) is 11.6 Å². The Morgan fingerprint density at radius 2 is 2.27 bits per heavy atom. The average molecular weight is 205 g/mol. The zero-order valence-corrected chi connectivity index (χ0v) is 8.29.